The summed E-state index contributed by atoms with van der Waals surface area (Å²) in [5.41, 5.74) is 1.63. The molecule has 194 valence electrons. The fourth-order valence-corrected chi connectivity index (χ4v) is 4.64. The van der Waals surface area contributed by atoms with Gasteiger partial charge in [0.15, 0.2) is 0 Å². The molecule has 1 aliphatic heterocycles. The molecule has 0 unspecified atom stereocenters. The summed E-state index contributed by atoms with van der Waals surface area (Å²) in [4.78, 5) is 30.6. The van der Waals surface area contributed by atoms with Gasteiger partial charge in [0.1, 0.15) is 11.9 Å². The van der Waals surface area contributed by atoms with Crippen LogP contribution in [0.1, 0.15) is 85.8 Å². The summed E-state index contributed by atoms with van der Waals surface area (Å²) in [7, 11) is 0. The average molecular weight is 486 g/mol. The summed E-state index contributed by atoms with van der Waals surface area (Å²) >= 11 is 0. The van der Waals surface area contributed by atoms with E-state index in [1.54, 1.807) is 20.0 Å². The van der Waals surface area contributed by atoms with E-state index in [2.05, 4.69) is 18.0 Å². The molecule has 0 spiro atoms. The summed E-state index contributed by atoms with van der Waals surface area (Å²) in [5.74, 6) is -1.41. The predicted molar refractivity (Wildman–Crippen MR) is 138 cm³/mol. The predicted octanol–water partition coefficient (Wildman–Crippen LogP) is 5.29. The normalized spacial score (nSPS) is 31.4. The molecule has 0 saturated heterocycles. The highest BCUT2D eigenvalue weighted by Crippen LogP contribution is 2.34. The third-order valence-electron chi connectivity index (χ3n) is 7.36. The molecular formula is C29H43NO5. The van der Waals surface area contributed by atoms with Gasteiger partial charge in [-0.2, -0.15) is 0 Å². The van der Waals surface area contributed by atoms with Crippen molar-refractivity contribution in [3.63, 3.8) is 0 Å². The molecule has 6 nitrogen and oxygen atoms in total. The Morgan fingerprint density at radius 2 is 1.97 bits per heavy atom. The quantitative estimate of drug-likeness (QED) is 0.446. The summed E-state index contributed by atoms with van der Waals surface area (Å²) in [5, 5.41) is 21.9. The van der Waals surface area contributed by atoms with Gasteiger partial charge in [0.05, 0.1) is 29.7 Å². The van der Waals surface area contributed by atoms with Gasteiger partial charge < -0.3 is 14.9 Å². The number of pyridine rings is 1. The number of aliphatic hydroxyl groups is 2. The second kappa shape index (κ2) is 13.1. The number of esters is 1. The summed E-state index contributed by atoms with van der Waals surface area (Å²) in [6.07, 6.45) is 6.47. The lowest BCUT2D eigenvalue weighted by molar-refractivity contribution is -0.154. The minimum absolute atomic E-state index is 0.0428. The largest absolute Gasteiger partial charge is 0.457 e. The van der Waals surface area contributed by atoms with Crippen molar-refractivity contribution in [1.82, 2.24) is 4.98 Å². The number of carbonyl (C=O) groups is 2. The number of aliphatic hydroxyl groups excluding tert-OH is 2. The maximum atomic E-state index is 13.4. The van der Waals surface area contributed by atoms with Gasteiger partial charge in [-0.05, 0) is 69.2 Å². The van der Waals surface area contributed by atoms with Crippen LogP contribution in [0.5, 0.6) is 0 Å². The molecule has 2 heterocycles. The van der Waals surface area contributed by atoms with E-state index in [0.717, 1.165) is 30.5 Å². The summed E-state index contributed by atoms with van der Waals surface area (Å²) in [6.45, 7) is 11.1. The Balaban J connectivity index is 2.36. The van der Waals surface area contributed by atoms with E-state index in [0.29, 0.717) is 12.8 Å². The maximum absolute atomic E-state index is 13.4. The fraction of sp³-hybridized carbons (Fsp3) is 0.621. The first-order valence-electron chi connectivity index (χ1n) is 12.8. The van der Waals surface area contributed by atoms with Crippen molar-refractivity contribution in [1.29, 1.82) is 0 Å². The van der Waals surface area contributed by atoms with Gasteiger partial charge in [-0.15, -0.1) is 0 Å². The highest BCUT2D eigenvalue weighted by Gasteiger charge is 2.43. The number of allylic oxidation sites excluding steroid dienone is 1. The Bertz CT molecular complexity index is 905. The van der Waals surface area contributed by atoms with Gasteiger partial charge in [-0.3, -0.25) is 14.6 Å². The van der Waals surface area contributed by atoms with Crippen LogP contribution in [-0.4, -0.2) is 45.3 Å². The number of rotatable bonds is 3. The molecule has 6 heteroatoms. The highest BCUT2D eigenvalue weighted by molar-refractivity contribution is 5.88. The lowest BCUT2D eigenvalue weighted by Crippen LogP contribution is -2.46. The molecule has 0 aromatic carbocycles. The standard InChI is InChI=1S/C29H43NO5/c1-7-23-27(33)20(3)12-10-11-19(2)14-15-24(21(4)17-22-13-8-9-16-30-22)35-26(32)18-25(31)29(5,6)28(23)34/h8-9,13-14,16-17,20,23-25,27,31,33H,7,10-12,15,18H2,1-6H3/b19-14-,21-17?/t20-,23+,24-,25-,27-/m0/s1. The number of aromatic nitrogens is 1. The number of carbonyl (C=O) groups excluding carboxylic acids is 2. The Hall–Kier alpha value is -2.31. The monoisotopic (exact) mass is 485 g/mol. The Labute approximate surface area is 210 Å². The van der Waals surface area contributed by atoms with Crippen molar-refractivity contribution < 1.29 is 24.5 Å². The number of hydrogen-bond acceptors (Lipinski definition) is 6. The van der Waals surface area contributed by atoms with Crippen molar-refractivity contribution in [2.45, 2.75) is 98.4 Å². The molecule has 5 atom stereocenters. The van der Waals surface area contributed by atoms with E-state index in [1.807, 2.05) is 45.0 Å². The first-order chi connectivity index (χ1) is 16.5. The van der Waals surface area contributed by atoms with E-state index >= 15 is 0 Å². The molecule has 0 bridgehead atoms. The van der Waals surface area contributed by atoms with Gasteiger partial charge in [0.2, 0.25) is 0 Å². The first kappa shape index (κ1) is 28.9. The van der Waals surface area contributed by atoms with Crippen molar-refractivity contribution >= 4 is 17.8 Å². The van der Waals surface area contributed by atoms with Crippen molar-refractivity contribution in [3.05, 3.63) is 47.3 Å². The van der Waals surface area contributed by atoms with Crippen LogP contribution >= 0.6 is 0 Å². The lowest BCUT2D eigenvalue weighted by atomic mass is 9.71. The average Bonchev–Trinajstić information content (AvgIpc) is 2.81. The Morgan fingerprint density at radius 3 is 2.60 bits per heavy atom. The molecule has 2 N–H and O–H groups in total. The lowest BCUT2D eigenvalue weighted by Gasteiger charge is -2.35. The van der Waals surface area contributed by atoms with Crippen molar-refractivity contribution in [2.24, 2.45) is 17.3 Å². The molecule has 1 aromatic rings. The van der Waals surface area contributed by atoms with E-state index in [-0.39, 0.29) is 18.1 Å². The first-order valence-corrected chi connectivity index (χ1v) is 12.8. The second-order valence-corrected chi connectivity index (χ2v) is 10.6. The smallest absolute Gasteiger partial charge is 0.309 e. The van der Waals surface area contributed by atoms with Crippen LogP contribution in [0.2, 0.25) is 0 Å². The molecule has 0 saturated carbocycles. The zero-order valence-corrected chi connectivity index (χ0v) is 22.2. The van der Waals surface area contributed by atoms with Crippen LogP contribution in [0.25, 0.3) is 6.08 Å². The highest BCUT2D eigenvalue weighted by atomic mass is 16.5. The van der Waals surface area contributed by atoms with Crippen molar-refractivity contribution in [3.8, 4) is 0 Å². The van der Waals surface area contributed by atoms with Crippen molar-refractivity contribution in [2.75, 3.05) is 0 Å². The van der Waals surface area contributed by atoms with Gasteiger partial charge in [-0.25, -0.2) is 0 Å². The molecule has 0 radical (unpaired) electrons. The van der Waals surface area contributed by atoms with Gasteiger partial charge in [-0.1, -0.05) is 45.4 Å². The van der Waals surface area contributed by atoms with E-state index < -0.39 is 35.6 Å². The minimum atomic E-state index is -1.22. The number of ketones is 1. The van der Waals surface area contributed by atoms with Gasteiger partial charge >= 0.3 is 5.97 Å². The molecule has 0 amide bonds. The van der Waals surface area contributed by atoms with Crippen LogP contribution in [-0.2, 0) is 14.3 Å². The van der Waals surface area contributed by atoms with Crippen LogP contribution in [0.15, 0.2) is 41.6 Å². The third kappa shape index (κ3) is 8.11. The third-order valence-corrected chi connectivity index (χ3v) is 7.36. The van der Waals surface area contributed by atoms with Crippen LogP contribution in [0.4, 0.5) is 0 Å². The van der Waals surface area contributed by atoms with E-state index in [4.69, 9.17) is 4.74 Å². The molecule has 0 fully saturated rings. The maximum Gasteiger partial charge on any atom is 0.309 e. The van der Waals surface area contributed by atoms with Crippen LogP contribution in [0.3, 0.4) is 0 Å². The number of ether oxygens (including phenoxy) is 1. The zero-order valence-electron chi connectivity index (χ0n) is 22.2. The minimum Gasteiger partial charge on any atom is -0.457 e. The van der Waals surface area contributed by atoms with E-state index in [9.17, 15) is 19.8 Å². The number of nitrogens with zero attached hydrogens (tertiary/aromatic N) is 1. The SMILES string of the molecule is CC[C@H]1C(=O)C(C)(C)[C@@H](O)CC(=O)O[C@H](C(C)=Cc2ccccn2)C/C=C(/C)CCC[C@H](C)[C@@H]1O. The molecule has 1 aliphatic rings. The summed E-state index contributed by atoms with van der Waals surface area (Å²) in [6, 6.07) is 5.64. The Kier molecular flexibility index (Phi) is 10.8. The van der Waals surface area contributed by atoms with Gasteiger partial charge in [0.25, 0.3) is 0 Å². The number of Topliss-reactive ketones (excluding diaryl/α,β-unsaturated/α-hetero) is 1. The van der Waals surface area contributed by atoms with Crippen LogP contribution in [0, 0.1) is 17.3 Å². The molecule has 35 heavy (non-hydrogen) atoms. The fourth-order valence-electron chi connectivity index (χ4n) is 4.64. The zero-order chi connectivity index (χ0) is 26.2. The molecular weight excluding hydrogens is 442 g/mol. The molecule has 0 aliphatic carbocycles. The number of hydrogen-bond donors (Lipinski definition) is 2. The van der Waals surface area contributed by atoms with E-state index in [1.165, 1.54) is 5.57 Å². The molecule has 2 rings (SSSR count). The summed E-state index contributed by atoms with van der Waals surface area (Å²) < 4.78 is 5.82. The number of cyclic esters (lactones) is 1. The van der Waals surface area contributed by atoms with Gasteiger partial charge in [0, 0.05) is 18.5 Å². The second-order valence-electron chi connectivity index (χ2n) is 10.6. The topological polar surface area (TPSA) is 96.7 Å². The van der Waals surface area contributed by atoms with Crippen LogP contribution < -0.4 is 0 Å². The Morgan fingerprint density at radius 1 is 1.26 bits per heavy atom. The molecule has 1 aromatic heterocycles.